The van der Waals surface area contributed by atoms with Crippen molar-refractivity contribution in [2.45, 2.75) is 6.42 Å². The molecular weight excluding hydrogens is 256 g/mol. The Bertz CT molecular complexity index is 645. The van der Waals surface area contributed by atoms with Crippen molar-refractivity contribution >= 4 is 5.97 Å². The van der Waals surface area contributed by atoms with Gasteiger partial charge in [-0.15, -0.1) is 0 Å². The van der Waals surface area contributed by atoms with Gasteiger partial charge in [0.1, 0.15) is 23.3 Å². The largest absolute Gasteiger partial charge is 0.469 e. The third-order valence-corrected chi connectivity index (χ3v) is 2.58. The Hall–Kier alpha value is -2.87. The van der Waals surface area contributed by atoms with Gasteiger partial charge in [0.2, 0.25) is 0 Å². The first-order valence-electron chi connectivity index (χ1n) is 5.91. The Labute approximate surface area is 116 Å². The van der Waals surface area contributed by atoms with Gasteiger partial charge >= 0.3 is 5.97 Å². The summed E-state index contributed by atoms with van der Waals surface area (Å²) in [7, 11) is 1.36. The van der Waals surface area contributed by atoms with Crippen molar-refractivity contribution in [2.75, 3.05) is 7.11 Å². The van der Waals surface area contributed by atoms with Crippen molar-refractivity contribution in [2.24, 2.45) is 0 Å². The van der Waals surface area contributed by atoms with Crippen molar-refractivity contribution in [1.82, 2.24) is 4.98 Å². The SMILES string of the molecule is COC(=O)Cc1ccc(Oc2ccnc(C#N)c2)cc1. The van der Waals surface area contributed by atoms with Gasteiger partial charge in [-0.05, 0) is 23.8 Å². The molecule has 0 bridgehead atoms. The first-order chi connectivity index (χ1) is 9.71. The molecule has 0 atom stereocenters. The van der Waals surface area contributed by atoms with Crippen LogP contribution in [0.15, 0.2) is 42.6 Å². The molecule has 0 spiro atoms. The van der Waals surface area contributed by atoms with Crippen LogP contribution in [-0.2, 0) is 16.0 Å². The zero-order valence-electron chi connectivity index (χ0n) is 10.9. The van der Waals surface area contributed by atoms with Crippen molar-refractivity contribution in [1.29, 1.82) is 5.26 Å². The maximum absolute atomic E-state index is 11.1. The molecule has 100 valence electrons. The van der Waals surface area contributed by atoms with Crippen LogP contribution in [0, 0.1) is 11.3 Å². The molecule has 2 aromatic rings. The number of nitriles is 1. The highest BCUT2D eigenvalue weighted by Gasteiger charge is 2.04. The summed E-state index contributed by atoms with van der Waals surface area (Å²) >= 11 is 0. The van der Waals surface area contributed by atoms with Gasteiger partial charge < -0.3 is 9.47 Å². The lowest BCUT2D eigenvalue weighted by molar-refractivity contribution is -0.139. The second-order valence-electron chi connectivity index (χ2n) is 3.99. The molecule has 5 nitrogen and oxygen atoms in total. The van der Waals surface area contributed by atoms with E-state index in [9.17, 15) is 4.79 Å². The highest BCUT2D eigenvalue weighted by Crippen LogP contribution is 2.21. The number of esters is 1. The fourth-order valence-corrected chi connectivity index (χ4v) is 1.59. The third kappa shape index (κ3) is 3.56. The van der Waals surface area contributed by atoms with Crippen LogP contribution in [0.3, 0.4) is 0 Å². The van der Waals surface area contributed by atoms with E-state index >= 15 is 0 Å². The minimum absolute atomic E-state index is 0.227. The minimum atomic E-state index is -0.286. The van der Waals surface area contributed by atoms with E-state index in [1.807, 2.05) is 6.07 Å². The van der Waals surface area contributed by atoms with Gasteiger partial charge in [-0.1, -0.05) is 12.1 Å². The number of pyridine rings is 1. The van der Waals surface area contributed by atoms with Crippen LogP contribution in [0.5, 0.6) is 11.5 Å². The average Bonchev–Trinajstić information content (AvgIpc) is 2.49. The third-order valence-electron chi connectivity index (χ3n) is 2.58. The van der Waals surface area contributed by atoms with Gasteiger partial charge in [0.25, 0.3) is 0 Å². The highest BCUT2D eigenvalue weighted by atomic mass is 16.5. The van der Waals surface area contributed by atoms with E-state index in [1.54, 1.807) is 36.4 Å². The van der Waals surface area contributed by atoms with E-state index in [-0.39, 0.29) is 12.4 Å². The summed E-state index contributed by atoms with van der Waals surface area (Å²) in [5, 5.41) is 8.76. The molecular formula is C15H12N2O3. The van der Waals surface area contributed by atoms with Crippen molar-refractivity contribution < 1.29 is 14.3 Å². The second kappa shape index (κ2) is 6.34. The Kier molecular flexibility index (Phi) is 4.30. The maximum Gasteiger partial charge on any atom is 0.309 e. The van der Waals surface area contributed by atoms with Gasteiger partial charge in [-0.2, -0.15) is 5.26 Å². The van der Waals surface area contributed by atoms with E-state index in [4.69, 9.17) is 10.00 Å². The number of benzene rings is 1. The molecule has 1 heterocycles. The fraction of sp³-hybridized carbons (Fsp3) is 0.133. The summed E-state index contributed by atoms with van der Waals surface area (Å²) in [4.78, 5) is 15.0. The summed E-state index contributed by atoms with van der Waals surface area (Å²) in [6, 6.07) is 12.3. The number of carbonyl (C=O) groups is 1. The molecule has 0 fully saturated rings. The van der Waals surface area contributed by atoms with Gasteiger partial charge in [0, 0.05) is 12.3 Å². The number of hydrogen-bond donors (Lipinski definition) is 0. The van der Waals surface area contributed by atoms with Crippen LogP contribution in [0.1, 0.15) is 11.3 Å². The molecule has 0 aliphatic heterocycles. The number of rotatable bonds is 4. The molecule has 1 aromatic carbocycles. The first-order valence-corrected chi connectivity index (χ1v) is 5.91. The second-order valence-corrected chi connectivity index (χ2v) is 3.99. The summed E-state index contributed by atoms with van der Waals surface area (Å²) in [5.41, 5.74) is 1.14. The zero-order valence-corrected chi connectivity index (χ0v) is 10.9. The monoisotopic (exact) mass is 268 g/mol. The molecule has 0 saturated heterocycles. The Balaban J connectivity index is 2.07. The lowest BCUT2D eigenvalue weighted by atomic mass is 10.1. The van der Waals surface area contributed by atoms with Gasteiger partial charge in [0.05, 0.1) is 13.5 Å². The topological polar surface area (TPSA) is 72.2 Å². The van der Waals surface area contributed by atoms with E-state index < -0.39 is 0 Å². The van der Waals surface area contributed by atoms with Crippen LogP contribution in [0.25, 0.3) is 0 Å². The highest BCUT2D eigenvalue weighted by molar-refractivity contribution is 5.72. The Morgan fingerprint density at radius 3 is 2.65 bits per heavy atom. The quantitative estimate of drug-likeness (QED) is 0.796. The lowest BCUT2D eigenvalue weighted by Crippen LogP contribution is -2.04. The van der Waals surface area contributed by atoms with Crippen molar-refractivity contribution in [3.05, 3.63) is 53.9 Å². The summed E-state index contributed by atoms with van der Waals surface area (Å²) in [6.07, 6.45) is 1.74. The molecule has 0 amide bonds. The smallest absolute Gasteiger partial charge is 0.309 e. The van der Waals surface area contributed by atoms with Crippen molar-refractivity contribution in [3.63, 3.8) is 0 Å². The maximum atomic E-state index is 11.1. The fourth-order valence-electron chi connectivity index (χ4n) is 1.59. The summed E-state index contributed by atoms with van der Waals surface area (Å²) < 4.78 is 10.2. The van der Waals surface area contributed by atoms with Gasteiger partial charge in [-0.25, -0.2) is 4.98 Å². The van der Waals surface area contributed by atoms with Gasteiger partial charge in [-0.3, -0.25) is 4.79 Å². The number of aromatic nitrogens is 1. The normalized spacial score (nSPS) is 9.60. The zero-order chi connectivity index (χ0) is 14.4. The molecule has 0 radical (unpaired) electrons. The predicted molar refractivity (Wildman–Crippen MR) is 71.2 cm³/mol. The average molecular weight is 268 g/mol. The Morgan fingerprint density at radius 1 is 1.25 bits per heavy atom. The van der Waals surface area contributed by atoms with Gasteiger partial charge in [0.15, 0.2) is 0 Å². The van der Waals surface area contributed by atoms with E-state index in [0.717, 1.165) is 5.56 Å². The molecule has 0 saturated carbocycles. The molecule has 2 rings (SSSR count). The molecule has 0 aliphatic carbocycles. The summed E-state index contributed by atoms with van der Waals surface area (Å²) in [6.45, 7) is 0. The first kappa shape index (κ1) is 13.6. The van der Waals surface area contributed by atoms with E-state index in [0.29, 0.717) is 17.2 Å². The molecule has 1 aromatic heterocycles. The van der Waals surface area contributed by atoms with Crippen molar-refractivity contribution in [3.8, 4) is 17.6 Å². The molecule has 5 heteroatoms. The standard InChI is InChI=1S/C15H12N2O3/c1-19-15(18)8-11-2-4-13(5-3-11)20-14-6-7-17-12(9-14)10-16/h2-7,9H,8H2,1H3. The number of hydrogen-bond acceptors (Lipinski definition) is 5. The Morgan fingerprint density at radius 2 is 2.00 bits per heavy atom. The molecule has 0 aliphatic rings. The molecule has 0 N–H and O–H groups in total. The van der Waals surface area contributed by atoms with E-state index in [2.05, 4.69) is 9.72 Å². The van der Waals surface area contributed by atoms with Crippen LogP contribution >= 0.6 is 0 Å². The minimum Gasteiger partial charge on any atom is -0.469 e. The number of nitrogens with zero attached hydrogens (tertiary/aromatic N) is 2. The van der Waals surface area contributed by atoms with Crippen LogP contribution in [0.2, 0.25) is 0 Å². The lowest BCUT2D eigenvalue weighted by Gasteiger charge is -2.06. The van der Waals surface area contributed by atoms with Crippen LogP contribution in [-0.4, -0.2) is 18.1 Å². The number of carbonyl (C=O) groups excluding carboxylic acids is 1. The van der Waals surface area contributed by atoms with Crippen LogP contribution < -0.4 is 4.74 Å². The molecule has 20 heavy (non-hydrogen) atoms. The summed E-state index contributed by atoms with van der Waals surface area (Å²) in [5.74, 6) is 0.873. The van der Waals surface area contributed by atoms with Crippen LogP contribution in [0.4, 0.5) is 0 Å². The number of methoxy groups -OCH3 is 1. The molecule has 0 unspecified atom stereocenters. The van der Waals surface area contributed by atoms with E-state index in [1.165, 1.54) is 13.3 Å². The predicted octanol–water partition coefficient (Wildman–Crippen LogP) is 2.46. The number of ether oxygens (including phenoxy) is 2.